The van der Waals surface area contributed by atoms with Gasteiger partial charge in [0.25, 0.3) is 0 Å². The third kappa shape index (κ3) is 3.33. The lowest BCUT2D eigenvalue weighted by molar-refractivity contribution is 0.245. The third-order valence-corrected chi connectivity index (χ3v) is 3.65. The van der Waals surface area contributed by atoms with E-state index in [4.69, 9.17) is 5.73 Å². The number of aromatic nitrogens is 2. The van der Waals surface area contributed by atoms with Gasteiger partial charge in [0.2, 0.25) is 0 Å². The van der Waals surface area contributed by atoms with Crippen LogP contribution in [0.15, 0.2) is 6.07 Å². The summed E-state index contributed by atoms with van der Waals surface area (Å²) in [5.74, 6) is 0. The summed E-state index contributed by atoms with van der Waals surface area (Å²) < 4.78 is 2.15. The lowest BCUT2D eigenvalue weighted by Crippen LogP contribution is -2.29. The third-order valence-electron chi connectivity index (χ3n) is 3.65. The summed E-state index contributed by atoms with van der Waals surface area (Å²) in [5.41, 5.74) is 8.20. The Hall–Kier alpha value is -0.870. The van der Waals surface area contributed by atoms with Crippen molar-refractivity contribution in [3.05, 3.63) is 17.5 Å². The fourth-order valence-corrected chi connectivity index (χ4v) is 2.42. The van der Waals surface area contributed by atoms with Crippen LogP contribution in [-0.2, 0) is 19.5 Å². The van der Waals surface area contributed by atoms with Crippen LogP contribution >= 0.6 is 0 Å². The van der Waals surface area contributed by atoms with Gasteiger partial charge >= 0.3 is 0 Å². The van der Waals surface area contributed by atoms with E-state index in [0.29, 0.717) is 0 Å². The predicted octanol–water partition coefficient (Wildman–Crippen LogP) is 1.78. The zero-order chi connectivity index (χ0) is 13.0. The second-order valence-corrected chi connectivity index (χ2v) is 5.14. The van der Waals surface area contributed by atoms with Gasteiger partial charge in [0.15, 0.2) is 0 Å². The number of rotatable bonds is 8. The smallest absolute Gasteiger partial charge is 0.0625 e. The van der Waals surface area contributed by atoms with E-state index in [1.54, 1.807) is 0 Å². The van der Waals surface area contributed by atoms with Crippen molar-refractivity contribution < 1.29 is 0 Å². The van der Waals surface area contributed by atoms with Gasteiger partial charge in [0.05, 0.1) is 11.4 Å². The summed E-state index contributed by atoms with van der Waals surface area (Å²) in [6.07, 6.45) is 4.82. The van der Waals surface area contributed by atoms with Gasteiger partial charge < -0.3 is 5.73 Å². The zero-order valence-electron chi connectivity index (χ0n) is 11.7. The second-order valence-electron chi connectivity index (χ2n) is 5.14. The van der Waals surface area contributed by atoms with E-state index < -0.39 is 0 Å². The van der Waals surface area contributed by atoms with E-state index in [9.17, 15) is 0 Å². The summed E-state index contributed by atoms with van der Waals surface area (Å²) >= 11 is 0. The number of nitrogens with zero attached hydrogens (tertiary/aromatic N) is 3. The lowest BCUT2D eigenvalue weighted by atomic mass is 10.2. The van der Waals surface area contributed by atoms with Crippen molar-refractivity contribution in [2.45, 2.75) is 58.7 Å². The minimum Gasteiger partial charge on any atom is -0.330 e. The van der Waals surface area contributed by atoms with E-state index in [1.807, 2.05) is 0 Å². The minimum absolute atomic E-state index is 0.788. The fraction of sp³-hybridized carbons (Fsp3) is 0.786. The highest BCUT2D eigenvalue weighted by Gasteiger charge is 2.29. The van der Waals surface area contributed by atoms with Crippen molar-refractivity contribution in [1.29, 1.82) is 0 Å². The molecule has 0 unspecified atom stereocenters. The highest BCUT2D eigenvalue weighted by Crippen LogP contribution is 2.28. The highest BCUT2D eigenvalue weighted by molar-refractivity contribution is 5.11. The van der Waals surface area contributed by atoms with Gasteiger partial charge in [-0.25, -0.2) is 0 Å². The molecule has 0 amide bonds. The Bertz CT molecular complexity index is 368. The standard InChI is InChI=1S/C14H26N4/c1-3-12-10-14(18(4-2)16-12)11-17(9-5-8-15)13-6-7-13/h10,13H,3-9,11,15H2,1-2H3. The molecule has 0 saturated heterocycles. The highest BCUT2D eigenvalue weighted by atomic mass is 15.3. The molecule has 18 heavy (non-hydrogen) atoms. The Balaban J connectivity index is 2.02. The maximum Gasteiger partial charge on any atom is 0.0625 e. The molecule has 4 nitrogen and oxygen atoms in total. The van der Waals surface area contributed by atoms with E-state index >= 15 is 0 Å². The molecule has 1 saturated carbocycles. The summed E-state index contributed by atoms with van der Waals surface area (Å²) in [6.45, 7) is 8.24. The quantitative estimate of drug-likeness (QED) is 0.765. The Morgan fingerprint density at radius 2 is 2.22 bits per heavy atom. The van der Waals surface area contributed by atoms with Gasteiger partial charge in [-0.15, -0.1) is 0 Å². The molecule has 1 aliphatic carbocycles. The van der Waals surface area contributed by atoms with Crippen molar-refractivity contribution in [3.8, 4) is 0 Å². The number of hydrogen-bond acceptors (Lipinski definition) is 3. The first kappa shape index (κ1) is 13.6. The Morgan fingerprint density at radius 1 is 1.44 bits per heavy atom. The summed E-state index contributed by atoms with van der Waals surface area (Å²) in [5, 5.41) is 4.63. The molecule has 0 aliphatic heterocycles. The summed E-state index contributed by atoms with van der Waals surface area (Å²) in [4.78, 5) is 2.58. The van der Waals surface area contributed by atoms with Gasteiger partial charge in [-0.3, -0.25) is 9.58 Å². The van der Waals surface area contributed by atoms with Crippen LogP contribution in [0.25, 0.3) is 0 Å². The normalized spacial score (nSPS) is 15.6. The van der Waals surface area contributed by atoms with Crippen LogP contribution < -0.4 is 5.73 Å². The van der Waals surface area contributed by atoms with Gasteiger partial charge in [-0.1, -0.05) is 6.92 Å². The molecule has 102 valence electrons. The lowest BCUT2D eigenvalue weighted by Gasteiger charge is -2.21. The maximum absolute atomic E-state index is 5.63. The molecule has 4 heteroatoms. The largest absolute Gasteiger partial charge is 0.330 e. The van der Waals surface area contributed by atoms with Crippen LogP contribution in [-0.4, -0.2) is 33.8 Å². The molecule has 2 N–H and O–H groups in total. The van der Waals surface area contributed by atoms with Crippen molar-refractivity contribution in [2.75, 3.05) is 13.1 Å². The summed E-state index contributed by atoms with van der Waals surface area (Å²) in [7, 11) is 0. The molecule has 1 aromatic rings. The molecular formula is C14H26N4. The van der Waals surface area contributed by atoms with Crippen molar-refractivity contribution in [1.82, 2.24) is 14.7 Å². The molecule has 0 aromatic carbocycles. The molecule has 1 heterocycles. The average Bonchev–Trinajstić information content (AvgIpc) is 3.15. The first-order valence-electron chi connectivity index (χ1n) is 7.28. The Labute approximate surface area is 110 Å². The average molecular weight is 250 g/mol. The van der Waals surface area contributed by atoms with Crippen LogP contribution in [0.5, 0.6) is 0 Å². The monoisotopic (exact) mass is 250 g/mol. The SMILES string of the molecule is CCc1cc(CN(CCCN)C2CC2)n(CC)n1. The number of nitrogens with two attached hydrogens (primary N) is 1. The zero-order valence-corrected chi connectivity index (χ0v) is 11.7. The molecule has 1 aromatic heterocycles. The number of aryl methyl sites for hydroxylation is 2. The Kier molecular flexibility index (Phi) is 4.78. The first-order chi connectivity index (χ1) is 8.78. The second kappa shape index (κ2) is 6.34. The molecule has 1 fully saturated rings. The van der Waals surface area contributed by atoms with Gasteiger partial charge in [0, 0.05) is 25.7 Å². The molecule has 0 spiro atoms. The van der Waals surface area contributed by atoms with E-state index in [0.717, 1.165) is 45.1 Å². The minimum atomic E-state index is 0.788. The van der Waals surface area contributed by atoms with Gasteiger partial charge in [0.1, 0.15) is 0 Å². The van der Waals surface area contributed by atoms with Crippen LogP contribution in [0.3, 0.4) is 0 Å². The van der Waals surface area contributed by atoms with E-state index in [1.165, 1.54) is 24.2 Å². The molecule has 0 radical (unpaired) electrons. The van der Waals surface area contributed by atoms with Crippen LogP contribution in [0.4, 0.5) is 0 Å². The molecule has 1 aliphatic rings. The number of hydrogen-bond donors (Lipinski definition) is 1. The predicted molar refractivity (Wildman–Crippen MR) is 74.4 cm³/mol. The van der Waals surface area contributed by atoms with Crippen molar-refractivity contribution in [2.24, 2.45) is 5.73 Å². The topological polar surface area (TPSA) is 47.1 Å². The molecular weight excluding hydrogens is 224 g/mol. The molecule has 2 rings (SSSR count). The van der Waals surface area contributed by atoms with E-state index in [-0.39, 0.29) is 0 Å². The van der Waals surface area contributed by atoms with E-state index in [2.05, 4.69) is 34.6 Å². The maximum atomic E-state index is 5.63. The first-order valence-corrected chi connectivity index (χ1v) is 7.28. The van der Waals surface area contributed by atoms with Crippen LogP contribution in [0, 0.1) is 0 Å². The van der Waals surface area contributed by atoms with Crippen LogP contribution in [0.2, 0.25) is 0 Å². The van der Waals surface area contributed by atoms with Crippen molar-refractivity contribution in [3.63, 3.8) is 0 Å². The van der Waals surface area contributed by atoms with Crippen molar-refractivity contribution >= 4 is 0 Å². The summed E-state index contributed by atoms with van der Waals surface area (Å²) in [6, 6.07) is 3.06. The van der Waals surface area contributed by atoms with Gasteiger partial charge in [-0.2, -0.15) is 5.10 Å². The van der Waals surface area contributed by atoms with Crippen LogP contribution in [0.1, 0.15) is 44.5 Å². The molecule has 0 bridgehead atoms. The fourth-order valence-electron chi connectivity index (χ4n) is 2.42. The molecule has 0 atom stereocenters. The Morgan fingerprint density at radius 3 is 2.78 bits per heavy atom. The van der Waals surface area contributed by atoms with Gasteiger partial charge in [-0.05, 0) is 45.2 Å².